The Hall–Kier alpha value is -0.120. The number of hydrogen-bond acceptors (Lipinski definition) is 3. The molecule has 3 rings (SSSR count). The van der Waals surface area contributed by atoms with Crippen molar-refractivity contribution in [1.82, 2.24) is 9.80 Å². The molecule has 0 radical (unpaired) electrons. The molecule has 0 amide bonds. The second kappa shape index (κ2) is 5.34. The van der Waals surface area contributed by atoms with Crippen molar-refractivity contribution in [3.8, 4) is 0 Å². The van der Waals surface area contributed by atoms with Crippen LogP contribution in [0.25, 0.3) is 0 Å². The second-order valence-corrected chi connectivity index (χ2v) is 7.27. The largest absolute Gasteiger partial charge is 0.377 e. The summed E-state index contributed by atoms with van der Waals surface area (Å²) in [5.74, 6) is 0.746. The van der Waals surface area contributed by atoms with Gasteiger partial charge in [0, 0.05) is 38.8 Å². The van der Waals surface area contributed by atoms with Gasteiger partial charge in [0.25, 0.3) is 0 Å². The van der Waals surface area contributed by atoms with Crippen molar-refractivity contribution in [2.45, 2.75) is 63.6 Å². The Balaban J connectivity index is 1.69. The molecular formula is C16H30N2O. The molecule has 3 nitrogen and oxygen atoms in total. The molecule has 3 heteroatoms. The van der Waals surface area contributed by atoms with Gasteiger partial charge < -0.3 is 4.74 Å². The van der Waals surface area contributed by atoms with E-state index in [4.69, 9.17) is 4.74 Å². The van der Waals surface area contributed by atoms with E-state index >= 15 is 0 Å². The van der Waals surface area contributed by atoms with Crippen LogP contribution < -0.4 is 0 Å². The smallest absolute Gasteiger partial charge is 0.0805 e. The standard InChI is InChI=1S/C16H30N2O/c1-13(2)15-11-17-9-4-6-14(17)10-18(15)12-16(19-3)7-5-8-16/h13-15H,4-12H2,1-3H3. The van der Waals surface area contributed by atoms with Gasteiger partial charge in [-0.3, -0.25) is 9.80 Å². The molecule has 3 aliphatic rings. The van der Waals surface area contributed by atoms with Crippen molar-refractivity contribution in [3.63, 3.8) is 0 Å². The van der Waals surface area contributed by atoms with E-state index in [1.54, 1.807) is 0 Å². The van der Waals surface area contributed by atoms with E-state index in [1.807, 2.05) is 7.11 Å². The van der Waals surface area contributed by atoms with Gasteiger partial charge in [0.15, 0.2) is 0 Å². The molecule has 19 heavy (non-hydrogen) atoms. The molecule has 2 unspecified atom stereocenters. The zero-order valence-electron chi connectivity index (χ0n) is 12.9. The minimum Gasteiger partial charge on any atom is -0.377 e. The third kappa shape index (κ3) is 2.57. The number of hydrogen-bond donors (Lipinski definition) is 0. The van der Waals surface area contributed by atoms with Crippen LogP contribution in [0.15, 0.2) is 0 Å². The SMILES string of the molecule is COC1(CN2CC3CCCN3CC2C(C)C)CCC1. The third-order valence-electron chi connectivity index (χ3n) is 5.79. The Morgan fingerprint density at radius 3 is 2.58 bits per heavy atom. The van der Waals surface area contributed by atoms with Crippen molar-refractivity contribution in [1.29, 1.82) is 0 Å². The van der Waals surface area contributed by atoms with Crippen LogP contribution in [0.1, 0.15) is 46.0 Å². The van der Waals surface area contributed by atoms with Gasteiger partial charge in [-0.25, -0.2) is 0 Å². The summed E-state index contributed by atoms with van der Waals surface area (Å²) in [5, 5.41) is 0. The highest BCUT2D eigenvalue weighted by Gasteiger charge is 2.44. The maximum Gasteiger partial charge on any atom is 0.0805 e. The van der Waals surface area contributed by atoms with Crippen LogP contribution in [0.5, 0.6) is 0 Å². The fourth-order valence-corrected chi connectivity index (χ4v) is 4.29. The molecule has 0 aromatic carbocycles. The molecule has 0 N–H and O–H groups in total. The zero-order valence-corrected chi connectivity index (χ0v) is 12.9. The van der Waals surface area contributed by atoms with E-state index in [0.29, 0.717) is 0 Å². The first-order chi connectivity index (χ1) is 9.13. The number of methoxy groups -OCH3 is 1. The molecule has 0 spiro atoms. The van der Waals surface area contributed by atoms with Gasteiger partial charge in [-0.2, -0.15) is 0 Å². The molecule has 2 saturated heterocycles. The van der Waals surface area contributed by atoms with Crippen LogP contribution >= 0.6 is 0 Å². The monoisotopic (exact) mass is 266 g/mol. The quantitative estimate of drug-likeness (QED) is 0.777. The van der Waals surface area contributed by atoms with Crippen LogP contribution in [0.3, 0.4) is 0 Å². The second-order valence-electron chi connectivity index (χ2n) is 7.27. The number of piperazine rings is 1. The molecule has 0 aromatic rings. The Kier molecular flexibility index (Phi) is 3.89. The van der Waals surface area contributed by atoms with Gasteiger partial charge in [0.2, 0.25) is 0 Å². The topological polar surface area (TPSA) is 15.7 Å². The zero-order chi connectivity index (χ0) is 13.5. The lowest BCUT2D eigenvalue weighted by Gasteiger charge is -2.51. The summed E-state index contributed by atoms with van der Waals surface area (Å²) in [6.45, 7) is 9.81. The van der Waals surface area contributed by atoms with Gasteiger partial charge in [0.1, 0.15) is 0 Å². The normalized spacial score (nSPS) is 35.4. The highest BCUT2D eigenvalue weighted by atomic mass is 16.5. The van der Waals surface area contributed by atoms with Gasteiger partial charge in [-0.05, 0) is 44.6 Å². The summed E-state index contributed by atoms with van der Waals surface area (Å²) >= 11 is 0. The van der Waals surface area contributed by atoms with Crippen LogP contribution in [0, 0.1) is 5.92 Å². The lowest BCUT2D eigenvalue weighted by Crippen LogP contribution is -2.62. The average molecular weight is 266 g/mol. The molecule has 2 aliphatic heterocycles. The van der Waals surface area contributed by atoms with E-state index in [9.17, 15) is 0 Å². The first kappa shape index (κ1) is 13.8. The van der Waals surface area contributed by atoms with E-state index in [2.05, 4.69) is 23.6 Å². The van der Waals surface area contributed by atoms with Crippen molar-refractivity contribution in [3.05, 3.63) is 0 Å². The van der Waals surface area contributed by atoms with Gasteiger partial charge in [-0.15, -0.1) is 0 Å². The summed E-state index contributed by atoms with van der Waals surface area (Å²) in [6, 6.07) is 1.55. The minimum absolute atomic E-state index is 0.188. The average Bonchev–Trinajstić information content (AvgIpc) is 2.79. The van der Waals surface area contributed by atoms with Crippen LogP contribution in [-0.2, 0) is 4.74 Å². The van der Waals surface area contributed by atoms with Crippen LogP contribution in [0.4, 0.5) is 0 Å². The Morgan fingerprint density at radius 2 is 2.00 bits per heavy atom. The van der Waals surface area contributed by atoms with Crippen molar-refractivity contribution < 1.29 is 4.74 Å². The highest BCUT2D eigenvalue weighted by Crippen LogP contribution is 2.38. The number of ether oxygens (including phenoxy) is 1. The van der Waals surface area contributed by atoms with Gasteiger partial charge in [0.05, 0.1) is 5.60 Å². The molecule has 110 valence electrons. The Labute approximate surface area is 118 Å². The molecule has 0 aromatic heterocycles. The molecular weight excluding hydrogens is 236 g/mol. The van der Waals surface area contributed by atoms with Gasteiger partial charge >= 0.3 is 0 Å². The highest BCUT2D eigenvalue weighted by molar-refractivity contribution is 4.99. The number of rotatable bonds is 4. The minimum atomic E-state index is 0.188. The fraction of sp³-hybridized carbons (Fsp3) is 1.00. The van der Waals surface area contributed by atoms with Crippen LogP contribution in [0.2, 0.25) is 0 Å². The Morgan fingerprint density at radius 1 is 1.21 bits per heavy atom. The van der Waals surface area contributed by atoms with E-state index in [1.165, 1.54) is 51.7 Å². The molecule has 1 aliphatic carbocycles. The summed E-state index contributed by atoms with van der Waals surface area (Å²) in [7, 11) is 1.91. The summed E-state index contributed by atoms with van der Waals surface area (Å²) in [6.07, 6.45) is 6.68. The van der Waals surface area contributed by atoms with Crippen LogP contribution in [-0.4, -0.2) is 60.8 Å². The van der Waals surface area contributed by atoms with Gasteiger partial charge in [-0.1, -0.05) is 13.8 Å². The predicted octanol–water partition coefficient (Wildman–Crippen LogP) is 2.36. The van der Waals surface area contributed by atoms with Crippen molar-refractivity contribution in [2.24, 2.45) is 5.92 Å². The third-order valence-corrected chi connectivity index (χ3v) is 5.79. The van der Waals surface area contributed by atoms with E-state index in [0.717, 1.165) is 24.5 Å². The number of nitrogens with zero attached hydrogens (tertiary/aromatic N) is 2. The first-order valence-electron chi connectivity index (χ1n) is 8.17. The lowest BCUT2D eigenvalue weighted by atomic mass is 9.78. The molecule has 1 saturated carbocycles. The van der Waals surface area contributed by atoms with Crippen molar-refractivity contribution >= 4 is 0 Å². The van der Waals surface area contributed by atoms with E-state index < -0.39 is 0 Å². The van der Waals surface area contributed by atoms with Crippen molar-refractivity contribution in [2.75, 3.05) is 33.3 Å². The number of fused-ring (bicyclic) bond motifs is 1. The maximum absolute atomic E-state index is 5.86. The molecule has 2 heterocycles. The fourth-order valence-electron chi connectivity index (χ4n) is 4.29. The Bertz CT molecular complexity index is 308. The summed E-state index contributed by atoms with van der Waals surface area (Å²) < 4.78 is 5.86. The molecule has 2 atom stereocenters. The van der Waals surface area contributed by atoms with E-state index in [-0.39, 0.29) is 5.60 Å². The maximum atomic E-state index is 5.86. The predicted molar refractivity (Wildman–Crippen MR) is 78.4 cm³/mol. The first-order valence-corrected chi connectivity index (χ1v) is 8.17. The lowest BCUT2D eigenvalue weighted by molar-refractivity contribution is -0.112. The summed E-state index contributed by atoms with van der Waals surface area (Å²) in [5.41, 5.74) is 0.188. The molecule has 3 fully saturated rings. The summed E-state index contributed by atoms with van der Waals surface area (Å²) in [4.78, 5) is 5.50. The molecule has 0 bridgehead atoms.